The molecular weight excluding hydrogens is 415 g/mol. The van der Waals surface area contributed by atoms with Gasteiger partial charge in [-0.2, -0.15) is 18.3 Å². The molecule has 1 amide bonds. The number of halogens is 3. The van der Waals surface area contributed by atoms with Crippen LogP contribution >= 0.6 is 0 Å². The number of para-hydroxylation sites is 1. The first-order valence-electron chi connectivity index (χ1n) is 9.17. The Morgan fingerprint density at radius 2 is 1.90 bits per heavy atom. The lowest BCUT2D eigenvalue weighted by molar-refractivity contribution is -0.192. The van der Waals surface area contributed by atoms with Crippen molar-refractivity contribution in [2.24, 2.45) is 12.8 Å². The molecule has 1 unspecified atom stereocenters. The van der Waals surface area contributed by atoms with Crippen LogP contribution in [0.15, 0.2) is 42.7 Å². The summed E-state index contributed by atoms with van der Waals surface area (Å²) in [7, 11) is 1.83. The van der Waals surface area contributed by atoms with Gasteiger partial charge in [0.2, 0.25) is 5.91 Å². The zero-order valence-electron chi connectivity index (χ0n) is 16.8. The molecule has 0 spiro atoms. The van der Waals surface area contributed by atoms with Gasteiger partial charge < -0.3 is 16.2 Å². The smallest absolute Gasteiger partial charge is 0.475 e. The van der Waals surface area contributed by atoms with E-state index < -0.39 is 18.2 Å². The fourth-order valence-corrected chi connectivity index (χ4v) is 2.77. The second kappa shape index (κ2) is 10.0. The molecule has 3 rings (SSSR count). The molecule has 0 fully saturated rings. The number of aryl methyl sites for hydroxylation is 1. The van der Waals surface area contributed by atoms with Crippen LogP contribution in [0.3, 0.4) is 0 Å². The van der Waals surface area contributed by atoms with Crippen molar-refractivity contribution in [1.82, 2.24) is 20.1 Å². The van der Waals surface area contributed by atoms with Crippen molar-refractivity contribution in [3.63, 3.8) is 0 Å². The molecule has 4 N–H and O–H groups in total. The summed E-state index contributed by atoms with van der Waals surface area (Å²) in [5.41, 5.74) is 9.82. The van der Waals surface area contributed by atoms with Gasteiger partial charge in [-0.25, -0.2) is 4.79 Å². The number of hydrogen-bond acceptors (Lipinski definition) is 5. The number of nitrogens with two attached hydrogens (primary N) is 1. The molecule has 11 heteroatoms. The van der Waals surface area contributed by atoms with Crippen molar-refractivity contribution >= 4 is 22.8 Å². The Morgan fingerprint density at radius 1 is 1.26 bits per heavy atom. The highest BCUT2D eigenvalue weighted by molar-refractivity contribution is 5.84. The van der Waals surface area contributed by atoms with Gasteiger partial charge in [0.1, 0.15) is 6.04 Å². The molecule has 2 heterocycles. The van der Waals surface area contributed by atoms with Gasteiger partial charge in [0.25, 0.3) is 0 Å². The number of carbonyl (C=O) groups is 2. The molecule has 0 saturated carbocycles. The molecule has 0 bridgehead atoms. The fraction of sp³-hybridized carbons (Fsp3) is 0.300. The number of nitrogens with zero attached hydrogens (tertiary/aromatic N) is 3. The number of fused-ring (bicyclic) bond motifs is 1. The van der Waals surface area contributed by atoms with Gasteiger partial charge in [0.05, 0.1) is 11.7 Å². The fourth-order valence-electron chi connectivity index (χ4n) is 2.77. The third-order valence-electron chi connectivity index (χ3n) is 4.57. The van der Waals surface area contributed by atoms with Crippen LogP contribution in [0.5, 0.6) is 0 Å². The van der Waals surface area contributed by atoms with Crippen LogP contribution in [-0.2, 0) is 23.1 Å². The minimum absolute atomic E-state index is 0.190. The molecule has 0 radical (unpaired) electrons. The number of aromatic nitrogens is 3. The van der Waals surface area contributed by atoms with E-state index in [1.807, 2.05) is 44.3 Å². The van der Waals surface area contributed by atoms with E-state index in [-0.39, 0.29) is 5.91 Å². The first-order valence-corrected chi connectivity index (χ1v) is 9.17. The molecule has 8 nitrogen and oxygen atoms in total. The lowest BCUT2D eigenvalue weighted by atomic mass is 10.1. The zero-order chi connectivity index (χ0) is 23.2. The van der Waals surface area contributed by atoms with E-state index in [4.69, 9.17) is 15.6 Å². The van der Waals surface area contributed by atoms with Gasteiger partial charge in [-0.05, 0) is 31.0 Å². The van der Waals surface area contributed by atoms with Crippen molar-refractivity contribution in [3.05, 3.63) is 59.5 Å². The second-order valence-electron chi connectivity index (χ2n) is 6.62. The third-order valence-corrected chi connectivity index (χ3v) is 4.57. The number of carboxylic acids is 1. The van der Waals surface area contributed by atoms with E-state index in [0.29, 0.717) is 6.54 Å². The molecule has 0 aliphatic heterocycles. The lowest BCUT2D eigenvalue weighted by Gasteiger charge is -2.12. The Hall–Kier alpha value is -3.47. The zero-order valence-corrected chi connectivity index (χ0v) is 16.8. The molecule has 0 aliphatic rings. The van der Waals surface area contributed by atoms with Crippen molar-refractivity contribution in [3.8, 4) is 0 Å². The minimum Gasteiger partial charge on any atom is -0.475 e. The lowest BCUT2D eigenvalue weighted by Crippen LogP contribution is -2.35. The maximum Gasteiger partial charge on any atom is 0.490 e. The summed E-state index contributed by atoms with van der Waals surface area (Å²) in [4.78, 5) is 25.5. The molecule has 31 heavy (non-hydrogen) atoms. The number of rotatable bonds is 5. The van der Waals surface area contributed by atoms with Crippen molar-refractivity contribution in [2.45, 2.75) is 25.6 Å². The molecule has 0 saturated heterocycles. The molecule has 1 atom stereocenters. The highest BCUT2D eigenvalue weighted by Crippen LogP contribution is 2.17. The summed E-state index contributed by atoms with van der Waals surface area (Å²) in [5, 5.41) is 15.3. The summed E-state index contributed by atoms with van der Waals surface area (Å²) in [5.74, 6) is -2.95. The SMILES string of the molecule is Cc1c(C(N)C(=O)NCCc2ccnc3ccccc23)cnn1C.O=C(O)C(F)(F)F. The van der Waals surface area contributed by atoms with Gasteiger partial charge in [-0.15, -0.1) is 0 Å². The molecule has 0 aliphatic carbocycles. The quantitative estimate of drug-likeness (QED) is 0.563. The predicted molar refractivity (Wildman–Crippen MR) is 107 cm³/mol. The van der Waals surface area contributed by atoms with E-state index in [2.05, 4.69) is 15.4 Å². The summed E-state index contributed by atoms with van der Waals surface area (Å²) in [6, 6.07) is 9.28. The van der Waals surface area contributed by atoms with Crippen LogP contribution in [0.4, 0.5) is 13.2 Å². The van der Waals surface area contributed by atoms with E-state index in [1.165, 1.54) is 0 Å². The van der Waals surface area contributed by atoms with Crippen LogP contribution in [0, 0.1) is 6.92 Å². The number of benzene rings is 1. The maximum atomic E-state index is 12.3. The Labute approximate surface area is 175 Å². The van der Waals surface area contributed by atoms with Gasteiger partial charge in [0, 0.05) is 36.4 Å². The average Bonchev–Trinajstić information content (AvgIpc) is 3.05. The van der Waals surface area contributed by atoms with Crippen LogP contribution in [0.2, 0.25) is 0 Å². The van der Waals surface area contributed by atoms with E-state index in [9.17, 15) is 18.0 Å². The number of hydrogen-bond donors (Lipinski definition) is 3. The maximum absolute atomic E-state index is 12.3. The van der Waals surface area contributed by atoms with Crippen LogP contribution in [0.25, 0.3) is 10.9 Å². The average molecular weight is 437 g/mol. The second-order valence-corrected chi connectivity index (χ2v) is 6.62. The van der Waals surface area contributed by atoms with Gasteiger partial charge in [0.15, 0.2) is 0 Å². The number of aliphatic carboxylic acids is 1. The highest BCUT2D eigenvalue weighted by atomic mass is 19.4. The van der Waals surface area contributed by atoms with Crippen molar-refractivity contribution < 1.29 is 27.9 Å². The standard InChI is InChI=1S/C18H21N5O.C2HF3O2/c1-12-15(11-22-23(12)2)17(19)18(24)21-10-8-13-7-9-20-16-6-4-3-5-14(13)16;3-2(4,5)1(6)7/h3-7,9,11,17H,8,10,19H2,1-2H3,(H,21,24);(H,6,7). The molecule has 1 aromatic carbocycles. The summed E-state index contributed by atoms with van der Waals surface area (Å²) < 4.78 is 33.4. The Balaban J connectivity index is 0.000000423. The third kappa shape index (κ3) is 6.25. The molecule has 166 valence electrons. The van der Waals surface area contributed by atoms with Crippen LogP contribution in [-0.4, -0.2) is 44.5 Å². The molecule has 2 aromatic heterocycles. The molecular formula is C20H22F3N5O3. The Kier molecular flexibility index (Phi) is 7.70. The number of carboxylic acid groups (broad SMARTS) is 1. The minimum atomic E-state index is -5.08. The summed E-state index contributed by atoms with van der Waals surface area (Å²) >= 11 is 0. The van der Waals surface area contributed by atoms with Crippen molar-refractivity contribution in [1.29, 1.82) is 0 Å². The van der Waals surface area contributed by atoms with Gasteiger partial charge >= 0.3 is 12.1 Å². The number of carbonyl (C=O) groups excluding carboxylic acids is 1. The van der Waals surface area contributed by atoms with E-state index in [0.717, 1.165) is 34.1 Å². The highest BCUT2D eigenvalue weighted by Gasteiger charge is 2.38. The molecule has 3 aromatic rings. The Morgan fingerprint density at radius 3 is 2.48 bits per heavy atom. The van der Waals surface area contributed by atoms with E-state index >= 15 is 0 Å². The largest absolute Gasteiger partial charge is 0.490 e. The predicted octanol–water partition coefficient (Wildman–Crippen LogP) is 2.27. The Bertz CT molecular complexity index is 1060. The number of amides is 1. The van der Waals surface area contributed by atoms with Gasteiger partial charge in [-0.1, -0.05) is 18.2 Å². The monoisotopic (exact) mass is 437 g/mol. The van der Waals surface area contributed by atoms with Crippen LogP contribution < -0.4 is 11.1 Å². The van der Waals surface area contributed by atoms with Gasteiger partial charge in [-0.3, -0.25) is 14.5 Å². The normalized spacial score (nSPS) is 12.1. The number of pyridine rings is 1. The van der Waals surface area contributed by atoms with Crippen molar-refractivity contribution in [2.75, 3.05) is 6.54 Å². The topological polar surface area (TPSA) is 123 Å². The van der Waals surface area contributed by atoms with E-state index in [1.54, 1.807) is 17.1 Å². The first kappa shape index (κ1) is 23.8. The number of nitrogens with one attached hydrogen (secondary N) is 1. The summed E-state index contributed by atoms with van der Waals surface area (Å²) in [6.45, 7) is 2.43. The summed E-state index contributed by atoms with van der Waals surface area (Å²) in [6.07, 6.45) is -0.909. The van der Waals surface area contributed by atoms with Crippen LogP contribution in [0.1, 0.15) is 22.9 Å². The number of alkyl halides is 3. The first-order chi connectivity index (χ1) is 14.5.